The van der Waals surface area contributed by atoms with E-state index in [0.29, 0.717) is 6.54 Å². The molecule has 0 aliphatic heterocycles. The Morgan fingerprint density at radius 2 is 1.81 bits per heavy atom. The summed E-state index contributed by atoms with van der Waals surface area (Å²) in [7, 11) is 0. The van der Waals surface area contributed by atoms with Crippen molar-refractivity contribution in [1.29, 1.82) is 0 Å². The molecule has 27 heavy (non-hydrogen) atoms. The average Bonchev–Trinajstić information content (AvgIpc) is 3.00. The molecule has 7 heteroatoms. The summed E-state index contributed by atoms with van der Waals surface area (Å²) in [6.07, 6.45) is 0. The summed E-state index contributed by atoms with van der Waals surface area (Å²) in [6.45, 7) is 3.78. The number of aryl methyl sites for hydroxylation is 1. The van der Waals surface area contributed by atoms with E-state index >= 15 is 0 Å². The van der Waals surface area contributed by atoms with Gasteiger partial charge in [0.15, 0.2) is 0 Å². The van der Waals surface area contributed by atoms with Gasteiger partial charge >= 0.3 is 5.97 Å². The molecule has 138 valence electrons. The zero-order valence-corrected chi connectivity index (χ0v) is 15.6. The number of carboxylic acids is 1. The molecule has 3 aromatic rings. The number of aromatic hydroxyl groups is 1. The van der Waals surface area contributed by atoms with Crippen molar-refractivity contribution < 1.29 is 19.8 Å². The van der Waals surface area contributed by atoms with E-state index in [9.17, 15) is 14.7 Å². The van der Waals surface area contributed by atoms with E-state index in [0.717, 1.165) is 32.3 Å². The molecular weight excluding hydrogens is 364 g/mol. The van der Waals surface area contributed by atoms with Gasteiger partial charge in [0.05, 0.1) is 17.1 Å². The highest BCUT2D eigenvalue weighted by Crippen LogP contribution is 2.34. The van der Waals surface area contributed by atoms with Crippen LogP contribution in [0.4, 0.5) is 0 Å². The second-order valence-electron chi connectivity index (χ2n) is 6.05. The maximum absolute atomic E-state index is 11.1. The van der Waals surface area contributed by atoms with Gasteiger partial charge in [0, 0.05) is 6.92 Å². The molecule has 0 atom stereocenters. The van der Waals surface area contributed by atoms with Crippen LogP contribution in [0, 0.1) is 6.92 Å². The van der Waals surface area contributed by atoms with Crippen molar-refractivity contribution >= 4 is 23.2 Å². The van der Waals surface area contributed by atoms with Crippen LogP contribution in [0.15, 0.2) is 42.5 Å². The lowest BCUT2D eigenvalue weighted by molar-refractivity contribution is -0.119. The van der Waals surface area contributed by atoms with Crippen LogP contribution in [0.2, 0.25) is 0 Å². The molecule has 0 aliphatic carbocycles. The molecular formula is C20H18N2O4S. The zero-order chi connectivity index (χ0) is 19.6. The number of benzene rings is 2. The summed E-state index contributed by atoms with van der Waals surface area (Å²) >= 11 is 1.52. The summed E-state index contributed by atoms with van der Waals surface area (Å²) in [6, 6.07) is 12.2. The number of nitrogens with zero attached hydrogens (tertiary/aromatic N) is 1. The van der Waals surface area contributed by atoms with E-state index in [2.05, 4.69) is 10.3 Å². The summed E-state index contributed by atoms with van der Waals surface area (Å²) in [5.74, 6) is -1.53. The summed E-state index contributed by atoms with van der Waals surface area (Å²) in [5, 5.41) is 22.5. The molecule has 2 aromatic carbocycles. The third kappa shape index (κ3) is 4.15. The SMILES string of the molecule is CC(=O)NCc1nc(C)c(-c2cccc(-c3ccc(C(=O)O)c(O)c3)c2)s1. The van der Waals surface area contributed by atoms with E-state index in [4.69, 9.17) is 5.11 Å². The highest BCUT2D eigenvalue weighted by molar-refractivity contribution is 7.15. The van der Waals surface area contributed by atoms with Gasteiger partial charge in [0.1, 0.15) is 16.3 Å². The lowest BCUT2D eigenvalue weighted by Gasteiger charge is -2.07. The Balaban J connectivity index is 1.93. The fourth-order valence-corrected chi connectivity index (χ4v) is 3.73. The molecule has 1 heterocycles. The van der Waals surface area contributed by atoms with Gasteiger partial charge in [-0.2, -0.15) is 0 Å². The maximum atomic E-state index is 11.1. The summed E-state index contributed by atoms with van der Waals surface area (Å²) < 4.78 is 0. The Morgan fingerprint density at radius 1 is 1.11 bits per heavy atom. The van der Waals surface area contributed by atoms with Crippen LogP contribution >= 0.6 is 11.3 Å². The standard InChI is InChI=1S/C20H18N2O4S/c1-11-19(27-18(22-11)10-21-12(2)23)15-5-3-4-13(8-15)14-6-7-16(20(25)26)17(24)9-14/h3-9,24H,10H2,1-2H3,(H,21,23)(H,25,26). The number of carbonyl (C=O) groups excluding carboxylic acids is 1. The number of hydrogen-bond acceptors (Lipinski definition) is 5. The van der Waals surface area contributed by atoms with Crippen molar-refractivity contribution in [1.82, 2.24) is 10.3 Å². The predicted octanol–water partition coefficient (Wildman–Crippen LogP) is 3.83. The van der Waals surface area contributed by atoms with Crippen molar-refractivity contribution in [2.75, 3.05) is 0 Å². The van der Waals surface area contributed by atoms with Crippen LogP contribution < -0.4 is 5.32 Å². The summed E-state index contributed by atoms with van der Waals surface area (Å²) in [5.41, 5.74) is 3.30. The molecule has 0 radical (unpaired) electrons. The van der Waals surface area contributed by atoms with Crippen molar-refractivity contribution in [3.63, 3.8) is 0 Å². The Morgan fingerprint density at radius 3 is 2.48 bits per heavy atom. The van der Waals surface area contributed by atoms with Crippen LogP contribution in [-0.4, -0.2) is 27.1 Å². The van der Waals surface area contributed by atoms with Crippen molar-refractivity contribution in [3.8, 4) is 27.3 Å². The highest BCUT2D eigenvalue weighted by Gasteiger charge is 2.13. The van der Waals surface area contributed by atoms with Crippen LogP contribution in [-0.2, 0) is 11.3 Å². The van der Waals surface area contributed by atoms with Crippen molar-refractivity contribution in [2.24, 2.45) is 0 Å². The number of carboxylic acid groups (broad SMARTS) is 1. The molecule has 0 aliphatic rings. The molecule has 0 saturated carbocycles. The Hall–Kier alpha value is -3.19. The van der Waals surface area contributed by atoms with E-state index in [1.54, 1.807) is 6.07 Å². The first kappa shape index (κ1) is 18.6. The molecule has 0 unspecified atom stereocenters. The van der Waals surface area contributed by atoms with Crippen molar-refractivity contribution in [3.05, 3.63) is 58.7 Å². The number of aromatic carboxylic acids is 1. The first-order valence-corrected chi connectivity index (χ1v) is 9.04. The molecule has 0 saturated heterocycles. The van der Waals surface area contributed by atoms with Crippen molar-refractivity contribution in [2.45, 2.75) is 20.4 Å². The Labute approximate surface area is 160 Å². The normalized spacial score (nSPS) is 10.6. The van der Waals surface area contributed by atoms with Gasteiger partial charge in [-0.25, -0.2) is 9.78 Å². The van der Waals surface area contributed by atoms with Crippen LogP contribution in [0.1, 0.15) is 28.0 Å². The number of nitrogens with one attached hydrogen (secondary N) is 1. The van der Waals surface area contributed by atoms with Gasteiger partial charge in [-0.1, -0.05) is 24.3 Å². The Bertz CT molecular complexity index is 1030. The van der Waals surface area contributed by atoms with E-state index in [1.165, 1.54) is 30.4 Å². The largest absolute Gasteiger partial charge is 0.507 e. The molecule has 0 bridgehead atoms. The second-order valence-corrected chi connectivity index (χ2v) is 7.13. The lowest BCUT2D eigenvalue weighted by Crippen LogP contribution is -2.18. The number of phenols is 1. The quantitative estimate of drug-likeness (QED) is 0.623. The minimum atomic E-state index is -1.17. The minimum absolute atomic E-state index is 0.101. The second kappa shape index (κ2) is 7.59. The maximum Gasteiger partial charge on any atom is 0.339 e. The monoisotopic (exact) mass is 382 g/mol. The van der Waals surface area contributed by atoms with Gasteiger partial charge in [0.25, 0.3) is 0 Å². The van der Waals surface area contributed by atoms with Gasteiger partial charge in [-0.15, -0.1) is 11.3 Å². The van der Waals surface area contributed by atoms with Gasteiger partial charge in [0.2, 0.25) is 5.91 Å². The van der Waals surface area contributed by atoms with Crippen LogP contribution in [0.3, 0.4) is 0 Å². The number of amides is 1. The van der Waals surface area contributed by atoms with Crippen LogP contribution in [0.5, 0.6) is 5.75 Å². The molecule has 3 N–H and O–H groups in total. The van der Waals surface area contributed by atoms with E-state index < -0.39 is 5.97 Å². The van der Waals surface area contributed by atoms with E-state index in [-0.39, 0.29) is 17.2 Å². The smallest absolute Gasteiger partial charge is 0.339 e. The fraction of sp³-hybridized carbons (Fsp3) is 0.150. The third-order valence-corrected chi connectivity index (χ3v) is 5.22. The molecule has 0 spiro atoms. The number of rotatable bonds is 5. The number of thiazole rings is 1. The Kier molecular flexibility index (Phi) is 5.23. The van der Waals surface area contributed by atoms with E-state index in [1.807, 2.05) is 31.2 Å². The topological polar surface area (TPSA) is 99.5 Å². The number of carbonyl (C=O) groups is 2. The molecule has 1 aromatic heterocycles. The number of aromatic nitrogens is 1. The van der Waals surface area contributed by atoms with Gasteiger partial charge in [-0.3, -0.25) is 4.79 Å². The minimum Gasteiger partial charge on any atom is -0.507 e. The molecule has 1 amide bonds. The molecule has 3 rings (SSSR count). The van der Waals surface area contributed by atoms with Gasteiger partial charge in [-0.05, 0) is 41.8 Å². The molecule has 0 fully saturated rings. The molecule has 6 nitrogen and oxygen atoms in total. The average molecular weight is 382 g/mol. The first-order valence-electron chi connectivity index (χ1n) is 8.23. The van der Waals surface area contributed by atoms with Crippen LogP contribution in [0.25, 0.3) is 21.6 Å². The predicted molar refractivity (Wildman–Crippen MR) is 104 cm³/mol. The first-order chi connectivity index (χ1) is 12.8. The zero-order valence-electron chi connectivity index (χ0n) is 14.8. The van der Waals surface area contributed by atoms with Gasteiger partial charge < -0.3 is 15.5 Å². The lowest BCUT2D eigenvalue weighted by atomic mass is 10.0. The number of hydrogen-bond donors (Lipinski definition) is 3. The fourth-order valence-electron chi connectivity index (χ4n) is 2.73. The third-order valence-electron chi connectivity index (χ3n) is 4.02. The summed E-state index contributed by atoms with van der Waals surface area (Å²) in [4.78, 5) is 27.6. The highest BCUT2D eigenvalue weighted by atomic mass is 32.1.